The molecule has 0 bridgehead atoms. The number of carbonyl (C=O) groups is 5. The highest BCUT2D eigenvalue weighted by Crippen LogP contribution is 2.19. The summed E-state index contributed by atoms with van der Waals surface area (Å²) in [5.74, 6) is -1.63. The summed E-state index contributed by atoms with van der Waals surface area (Å²) in [5, 5.41) is 2.32. The Hall–Kier alpha value is -2.25. The maximum absolute atomic E-state index is 11.3. The number of nitrogens with one attached hydrogen (secondary N) is 2. The molecule has 80 valence electrons. The quantitative estimate of drug-likeness (QED) is 0.220. The lowest BCUT2D eigenvalue weighted by atomic mass is 9.99. The summed E-state index contributed by atoms with van der Waals surface area (Å²) < 4.78 is 0. The SMILES string of the molecule is O=CNN(C=O)C1(C=O)CC(=O)NC1=O. The second-order valence-corrected chi connectivity index (χ2v) is 2.82. The monoisotopic (exact) mass is 213 g/mol. The first-order valence-electron chi connectivity index (χ1n) is 3.86. The van der Waals surface area contributed by atoms with Crippen LogP contribution in [0.1, 0.15) is 6.42 Å². The predicted octanol–water partition coefficient (Wildman–Crippen LogP) is -2.91. The molecule has 0 aromatic heterocycles. The number of rotatable bonds is 5. The van der Waals surface area contributed by atoms with Crippen molar-refractivity contribution in [2.45, 2.75) is 12.0 Å². The van der Waals surface area contributed by atoms with Crippen molar-refractivity contribution in [3.63, 3.8) is 0 Å². The van der Waals surface area contributed by atoms with Crippen molar-refractivity contribution in [2.24, 2.45) is 0 Å². The average molecular weight is 213 g/mol. The molecule has 8 heteroatoms. The minimum absolute atomic E-state index is 0.0843. The third-order valence-electron chi connectivity index (χ3n) is 2.00. The van der Waals surface area contributed by atoms with E-state index in [1.54, 1.807) is 0 Å². The molecule has 1 atom stereocenters. The van der Waals surface area contributed by atoms with Crippen LogP contribution in [0, 0.1) is 0 Å². The van der Waals surface area contributed by atoms with Crippen LogP contribution in [0.4, 0.5) is 0 Å². The third kappa shape index (κ3) is 1.56. The maximum Gasteiger partial charge on any atom is 0.262 e. The fraction of sp³-hybridized carbons (Fsp3) is 0.286. The standard InChI is InChI=1S/C7H7N3O5/c11-2-7(10(4-13)8-3-12)1-5(14)9-6(7)15/h2-4H,1H2,(H,8,12)(H,9,14,15). The van der Waals surface area contributed by atoms with Crippen LogP contribution in [0.15, 0.2) is 0 Å². The van der Waals surface area contributed by atoms with E-state index < -0.39 is 23.8 Å². The normalized spacial score (nSPS) is 24.3. The van der Waals surface area contributed by atoms with Crippen LogP contribution >= 0.6 is 0 Å². The zero-order chi connectivity index (χ0) is 11.5. The molecule has 1 rings (SSSR count). The molecular formula is C7H7N3O5. The van der Waals surface area contributed by atoms with Gasteiger partial charge in [-0.15, -0.1) is 0 Å². The van der Waals surface area contributed by atoms with Crippen LogP contribution in [0.5, 0.6) is 0 Å². The number of hydrogen-bond acceptors (Lipinski definition) is 5. The Bertz CT molecular complexity index is 342. The number of imide groups is 1. The predicted molar refractivity (Wildman–Crippen MR) is 43.7 cm³/mol. The van der Waals surface area contributed by atoms with Crippen LogP contribution in [-0.4, -0.2) is 41.5 Å². The molecule has 0 radical (unpaired) electrons. The van der Waals surface area contributed by atoms with Crippen molar-refractivity contribution < 1.29 is 24.0 Å². The molecule has 0 aliphatic carbocycles. The van der Waals surface area contributed by atoms with Gasteiger partial charge < -0.3 is 4.79 Å². The average Bonchev–Trinajstić information content (AvgIpc) is 2.51. The van der Waals surface area contributed by atoms with E-state index in [1.807, 2.05) is 10.7 Å². The molecule has 1 unspecified atom stereocenters. The van der Waals surface area contributed by atoms with Crippen LogP contribution in [0.25, 0.3) is 0 Å². The van der Waals surface area contributed by atoms with Gasteiger partial charge in [0.25, 0.3) is 5.91 Å². The van der Waals surface area contributed by atoms with E-state index in [0.717, 1.165) is 0 Å². The summed E-state index contributed by atoms with van der Waals surface area (Å²) in [4.78, 5) is 53.7. The molecule has 8 nitrogen and oxygen atoms in total. The molecule has 0 aromatic carbocycles. The summed E-state index contributed by atoms with van der Waals surface area (Å²) in [6, 6.07) is 0. The summed E-state index contributed by atoms with van der Waals surface area (Å²) >= 11 is 0. The van der Waals surface area contributed by atoms with Gasteiger partial charge in [0.15, 0.2) is 6.29 Å². The fourth-order valence-electron chi connectivity index (χ4n) is 1.25. The van der Waals surface area contributed by atoms with Crippen molar-refractivity contribution in [3.8, 4) is 0 Å². The minimum atomic E-state index is -1.97. The Labute approximate surface area is 83.6 Å². The molecule has 0 saturated carbocycles. The molecule has 15 heavy (non-hydrogen) atoms. The Balaban J connectivity index is 3.07. The van der Waals surface area contributed by atoms with Crippen molar-refractivity contribution in [1.82, 2.24) is 15.8 Å². The number of hydrazine groups is 1. The second-order valence-electron chi connectivity index (χ2n) is 2.82. The largest absolute Gasteiger partial charge is 0.300 e. The van der Waals surface area contributed by atoms with Gasteiger partial charge >= 0.3 is 0 Å². The van der Waals surface area contributed by atoms with Crippen LogP contribution < -0.4 is 10.7 Å². The van der Waals surface area contributed by atoms with Crippen molar-refractivity contribution >= 4 is 30.9 Å². The highest BCUT2D eigenvalue weighted by atomic mass is 16.2. The van der Waals surface area contributed by atoms with Gasteiger partial charge in [-0.1, -0.05) is 0 Å². The summed E-state index contributed by atoms with van der Waals surface area (Å²) in [7, 11) is 0. The zero-order valence-corrected chi connectivity index (χ0v) is 7.43. The molecule has 1 aliphatic rings. The molecule has 0 spiro atoms. The summed E-state index contributed by atoms with van der Waals surface area (Å²) in [6.45, 7) is 0. The Morgan fingerprint density at radius 3 is 2.33 bits per heavy atom. The molecule has 0 aromatic rings. The molecule has 1 heterocycles. The molecule has 1 saturated heterocycles. The number of aldehydes is 1. The Kier molecular flexibility index (Phi) is 2.79. The van der Waals surface area contributed by atoms with E-state index in [0.29, 0.717) is 5.01 Å². The number of carbonyl (C=O) groups excluding carboxylic acids is 5. The van der Waals surface area contributed by atoms with Crippen molar-refractivity contribution in [2.75, 3.05) is 0 Å². The third-order valence-corrected chi connectivity index (χ3v) is 2.00. The lowest BCUT2D eigenvalue weighted by Crippen LogP contribution is -2.59. The maximum atomic E-state index is 11.3. The number of amides is 4. The van der Waals surface area contributed by atoms with Gasteiger partial charge in [0.2, 0.25) is 24.3 Å². The summed E-state index contributed by atoms with van der Waals surface area (Å²) in [6.07, 6.45) is -0.163. The van der Waals surface area contributed by atoms with Gasteiger partial charge in [0, 0.05) is 0 Å². The molecule has 4 amide bonds. The highest BCUT2D eigenvalue weighted by Gasteiger charge is 2.52. The second kappa shape index (κ2) is 3.86. The smallest absolute Gasteiger partial charge is 0.262 e. The Morgan fingerprint density at radius 1 is 1.33 bits per heavy atom. The van der Waals surface area contributed by atoms with Gasteiger partial charge in [-0.2, -0.15) is 0 Å². The Morgan fingerprint density at radius 2 is 2.00 bits per heavy atom. The fourth-order valence-corrected chi connectivity index (χ4v) is 1.25. The molecular weight excluding hydrogens is 206 g/mol. The van der Waals surface area contributed by atoms with E-state index in [1.165, 1.54) is 0 Å². The van der Waals surface area contributed by atoms with Gasteiger partial charge in [-0.25, -0.2) is 5.01 Å². The van der Waals surface area contributed by atoms with E-state index >= 15 is 0 Å². The van der Waals surface area contributed by atoms with E-state index in [9.17, 15) is 24.0 Å². The lowest BCUT2D eigenvalue weighted by Gasteiger charge is -2.28. The van der Waals surface area contributed by atoms with E-state index in [-0.39, 0.29) is 19.1 Å². The van der Waals surface area contributed by atoms with Gasteiger partial charge in [0.1, 0.15) is 0 Å². The lowest BCUT2D eigenvalue weighted by molar-refractivity contribution is -0.147. The van der Waals surface area contributed by atoms with Crippen LogP contribution in [0.2, 0.25) is 0 Å². The van der Waals surface area contributed by atoms with Crippen LogP contribution in [-0.2, 0) is 24.0 Å². The minimum Gasteiger partial charge on any atom is -0.300 e. The first kappa shape index (κ1) is 10.8. The van der Waals surface area contributed by atoms with Crippen molar-refractivity contribution in [3.05, 3.63) is 0 Å². The zero-order valence-electron chi connectivity index (χ0n) is 7.43. The van der Waals surface area contributed by atoms with Crippen LogP contribution in [0.3, 0.4) is 0 Å². The molecule has 1 fully saturated rings. The topological polar surface area (TPSA) is 113 Å². The van der Waals surface area contributed by atoms with Gasteiger partial charge in [0.05, 0.1) is 6.42 Å². The van der Waals surface area contributed by atoms with Gasteiger partial charge in [-0.3, -0.25) is 29.9 Å². The number of nitrogens with zero attached hydrogens (tertiary/aromatic N) is 1. The van der Waals surface area contributed by atoms with E-state index in [4.69, 9.17) is 0 Å². The first-order valence-corrected chi connectivity index (χ1v) is 3.86. The summed E-state index contributed by atoms with van der Waals surface area (Å²) in [5.41, 5.74) is -0.115. The molecule has 1 aliphatic heterocycles. The van der Waals surface area contributed by atoms with Crippen molar-refractivity contribution in [1.29, 1.82) is 0 Å². The highest BCUT2D eigenvalue weighted by molar-refractivity contribution is 6.17. The first-order chi connectivity index (χ1) is 7.10. The van der Waals surface area contributed by atoms with Gasteiger partial charge in [-0.05, 0) is 0 Å². The number of hydrogen-bond donors (Lipinski definition) is 2. The van der Waals surface area contributed by atoms with E-state index in [2.05, 4.69) is 0 Å². The molecule has 2 N–H and O–H groups in total.